The number of carbonyl (C=O) groups excluding carboxylic acids is 1. The number of halogens is 1. The molecule has 18 heavy (non-hydrogen) atoms. The molecule has 0 saturated carbocycles. The molecule has 2 N–H and O–H groups in total. The smallest absolute Gasteiger partial charge is 0.221 e. The lowest BCUT2D eigenvalue weighted by molar-refractivity contribution is -0.114. The van der Waals surface area contributed by atoms with Crippen LogP contribution in [-0.4, -0.2) is 12.5 Å². The molecule has 0 bridgehead atoms. The minimum atomic E-state index is -0.415. The number of hydrogen-bond donors (Lipinski definition) is 2. The van der Waals surface area contributed by atoms with Crippen LogP contribution in [-0.2, 0) is 4.79 Å². The number of benzene rings is 1. The molecule has 0 unspecified atom stereocenters. The SMILES string of the molecule is CCCCCCNc1ccc(F)c(NC(C)=O)c1. The van der Waals surface area contributed by atoms with Crippen molar-refractivity contribution in [3.63, 3.8) is 0 Å². The van der Waals surface area contributed by atoms with E-state index >= 15 is 0 Å². The van der Waals surface area contributed by atoms with Crippen LogP contribution in [0.2, 0.25) is 0 Å². The Bertz CT molecular complexity index is 393. The van der Waals surface area contributed by atoms with E-state index in [0.29, 0.717) is 0 Å². The van der Waals surface area contributed by atoms with Crippen molar-refractivity contribution in [2.24, 2.45) is 0 Å². The molecule has 1 amide bonds. The van der Waals surface area contributed by atoms with Crippen LogP contribution < -0.4 is 10.6 Å². The van der Waals surface area contributed by atoms with Gasteiger partial charge in [-0.15, -0.1) is 0 Å². The van der Waals surface area contributed by atoms with Gasteiger partial charge in [0.1, 0.15) is 5.82 Å². The van der Waals surface area contributed by atoms with Gasteiger partial charge in [0.25, 0.3) is 0 Å². The second kappa shape index (κ2) is 7.69. The van der Waals surface area contributed by atoms with Crippen molar-refractivity contribution < 1.29 is 9.18 Å². The molecule has 1 rings (SSSR count). The summed E-state index contributed by atoms with van der Waals surface area (Å²) in [6.07, 6.45) is 4.75. The van der Waals surface area contributed by atoms with Crippen LogP contribution in [0.1, 0.15) is 39.5 Å². The van der Waals surface area contributed by atoms with E-state index in [-0.39, 0.29) is 11.6 Å². The van der Waals surface area contributed by atoms with Crippen molar-refractivity contribution in [2.45, 2.75) is 39.5 Å². The molecule has 0 radical (unpaired) electrons. The number of carbonyl (C=O) groups is 1. The molecule has 1 aromatic rings. The number of nitrogens with one attached hydrogen (secondary N) is 2. The molecule has 0 aliphatic heterocycles. The van der Waals surface area contributed by atoms with E-state index in [1.165, 1.54) is 32.3 Å². The highest BCUT2D eigenvalue weighted by molar-refractivity contribution is 5.89. The fraction of sp³-hybridized carbons (Fsp3) is 0.500. The van der Waals surface area contributed by atoms with Gasteiger partial charge in [-0.05, 0) is 24.6 Å². The normalized spacial score (nSPS) is 10.2. The average molecular weight is 252 g/mol. The Morgan fingerprint density at radius 2 is 2.06 bits per heavy atom. The molecule has 3 nitrogen and oxygen atoms in total. The molecule has 0 aromatic heterocycles. The van der Waals surface area contributed by atoms with Gasteiger partial charge in [-0.25, -0.2) is 4.39 Å². The summed E-state index contributed by atoms with van der Waals surface area (Å²) in [4.78, 5) is 10.9. The lowest BCUT2D eigenvalue weighted by Gasteiger charge is -2.09. The van der Waals surface area contributed by atoms with Crippen LogP contribution >= 0.6 is 0 Å². The Balaban J connectivity index is 2.48. The van der Waals surface area contributed by atoms with Gasteiger partial charge in [-0.2, -0.15) is 0 Å². The zero-order valence-corrected chi connectivity index (χ0v) is 11.1. The van der Waals surface area contributed by atoms with E-state index in [0.717, 1.165) is 18.7 Å². The summed E-state index contributed by atoms with van der Waals surface area (Å²) in [6, 6.07) is 4.66. The minimum absolute atomic E-state index is 0.223. The molecule has 1 aromatic carbocycles. The van der Waals surface area contributed by atoms with Crippen LogP contribution in [0.15, 0.2) is 18.2 Å². The second-order valence-corrected chi connectivity index (χ2v) is 4.36. The Kier molecular flexibility index (Phi) is 6.19. The maximum atomic E-state index is 13.4. The molecule has 0 atom stereocenters. The zero-order chi connectivity index (χ0) is 13.4. The maximum absolute atomic E-state index is 13.4. The molecular formula is C14H21FN2O. The summed E-state index contributed by atoms with van der Waals surface area (Å²) in [6.45, 7) is 4.41. The Morgan fingerprint density at radius 1 is 1.28 bits per heavy atom. The van der Waals surface area contributed by atoms with Crippen molar-refractivity contribution in [3.05, 3.63) is 24.0 Å². The quantitative estimate of drug-likeness (QED) is 0.725. The van der Waals surface area contributed by atoms with Crippen molar-refractivity contribution >= 4 is 17.3 Å². The van der Waals surface area contributed by atoms with E-state index in [1.807, 2.05) is 0 Å². The molecule has 0 aliphatic carbocycles. The number of anilines is 2. The number of rotatable bonds is 7. The van der Waals surface area contributed by atoms with Crippen molar-refractivity contribution in [2.75, 3.05) is 17.2 Å². The Hall–Kier alpha value is -1.58. The van der Waals surface area contributed by atoms with Gasteiger partial charge in [0.2, 0.25) is 5.91 Å². The second-order valence-electron chi connectivity index (χ2n) is 4.36. The van der Waals surface area contributed by atoms with E-state index in [4.69, 9.17) is 0 Å². The average Bonchev–Trinajstić information content (AvgIpc) is 2.32. The minimum Gasteiger partial charge on any atom is -0.385 e. The number of unbranched alkanes of at least 4 members (excludes halogenated alkanes) is 3. The largest absolute Gasteiger partial charge is 0.385 e. The summed E-state index contributed by atoms with van der Waals surface area (Å²) < 4.78 is 13.4. The van der Waals surface area contributed by atoms with Gasteiger partial charge in [-0.1, -0.05) is 26.2 Å². The molecular weight excluding hydrogens is 231 g/mol. The van der Waals surface area contributed by atoms with Gasteiger partial charge in [0, 0.05) is 19.2 Å². The van der Waals surface area contributed by atoms with E-state index in [1.54, 1.807) is 12.1 Å². The van der Waals surface area contributed by atoms with E-state index in [9.17, 15) is 9.18 Å². The van der Waals surface area contributed by atoms with Crippen molar-refractivity contribution in [1.82, 2.24) is 0 Å². The first-order chi connectivity index (χ1) is 8.63. The topological polar surface area (TPSA) is 41.1 Å². The molecule has 4 heteroatoms. The third-order valence-corrected chi connectivity index (χ3v) is 2.64. The fourth-order valence-electron chi connectivity index (χ4n) is 1.71. The first-order valence-electron chi connectivity index (χ1n) is 6.44. The van der Waals surface area contributed by atoms with E-state index < -0.39 is 5.82 Å². The number of amides is 1. The van der Waals surface area contributed by atoms with Gasteiger partial charge in [0.15, 0.2) is 0 Å². The predicted molar refractivity (Wildman–Crippen MR) is 73.3 cm³/mol. The van der Waals surface area contributed by atoms with Crippen LogP contribution in [0.4, 0.5) is 15.8 Å². The highest BCUT2D eigenvalue weighted by Gasteiger charge is 2.04. The van der Waals surface area contributed by atoms with Crippen LogP contribution in [0, 0.1) is 5.82 Å². The highest BCUT2D eigenvalue weighted by atomic mass is 19.1. The summed E-state index contributed by atoms with van der Waals surface area (Å²) >= 11 is 0. The first kappa shape index (κ1) is 14.5. The fourth-order valence-corrected chi connectivity index (χ4v) is 1.71. The van der Waals surface area contributed by atoms with Crippen LogP contribution in [0.3, 0.4) is 0 Å². The van der Waals surface area contributed by atoms with Crippen molar-refractivity contribution in [3.8, 4) is 0 Å². The van der Waals surface area contributed by atoms with Crippen LogP contribution in [0.5, 0.6) is 0 Å². The Morgan fingerprint density at radius 3 is 2.72 bits per heavy atom. The summed E-state index contributed by atoms with van der Waals surface area (Å²) in [5, 5.41) is 5.70. The highest BCUT2D eigenvalue weighted by Crippen LogP contribution is 2.19. The van der Waals surface area contributed by atoms with Crippen LogP contribution in [0.25, 0.3) is 0 Å². The molecule has 0 spiro atoms. The molecule has 0 heterocycles. The summed E-state index contributed by atoms with van der Waals surface area (Å²) in [5.74, 6) is -0.685. The molecule has 0 fully saturated rings. The molecule has 0 aliphatic rings. The van der Waals surface area contributed by atoms with Crippen molar-refractivity contribution in [1.29, 1.82) is 0 Å². The van der Waals surface area contributed by atoms with Gasteiger partial charge < -0.3 is 10.6 Å². The summed E-state index contributed by atoms with van der Waals surface area (Å²) in [7, 11) is 0. The Labute approximate surface area is 108 Å². The molecule has 100 valence electrons. The monoisotopic (exact) mass is 252 g/mol. The van der Waals surface area contributed by atoms with E-state index in [2.05, 4.69) is 17.6 Å². The van der Waals surface area contributed by atoms with Gasteiger partial charge in [-0.3, -0.25) is 4.79 Å². The summed E-state index contributed by atoms with van der Waals surface area (Å²) in [5.41, 5.74) is 1.05. The maximum Gasteiger partial charge on any atom is 0.221 e. The standard InChI is InChI=1S/C14H21FN2O/c1-3-4-5-6-9-16-12-7-8-13(15)14(10-12)17-11(2)18/h7-8,10,16H,3-6,9H2,1-2H3,(H,17,18). The zero-order valence-electron chi connectivity index (χ0n) is 11.1. The lowest BCUT2D eigenvalue weighted by Crippen LogP contribution is -2.08. The predicted octanol–water partition coefficient (Wildman–Crippen LogP) is 3.78. The first-order valence-corrected chi connectivity index (χ1v) is 6.44. The third kappa shape index (κ3) is 5.17. The lowest BCUT2D eigenvalue weighted by atomic mass is 10.2. The third-order valence-electron chi connectivity index (χ3n) is 2.64. The number of hydrogen-bond acceptors (Lipinski definition) is 2. The molecule has 0 saturated heterocycles. The van der Waals surface area contributed by atoms with Gasteiger partial charge >= 0.3 is 0 Å². The van der Waals surface area contributed by atoms with Gasteiger partial charge in [0.05, 0.1) is 5.69 Å².